The number of nitrogens with zero attached hydrogens (tertiary/aromatic N) is 2. The van der Waals surface area contributed by atoms with Gasteiger partial charge in [0.05, 0.1) is 5.69 Å². The van der Waals surface area contributed by atoms with E-state index in [4.69, 9.17) is 4.42 Å². The minimum absolute atomic E-state index is 0.0116. The summed E-state index contributed by atoms with van der Waals surface area (Å²) in [5, 5.41) is 2.28. The van der Waals surface area contributed by atoms with Crippen LogP contribution in [0.25, 0.3) is 55.3 Å². The zero-order chi connectivity index (χ0) is 48.3. The molecule has 10 aromatic rings. The molecule has 0 unspecified atom stereocenters. The Hall–Kier alpha value is -7.56. The van der Waals surface area contributed by atoms with Crippen LogP contribution in [0.1, 0.15) is 79.0 Å². The number of rotatable bonds is 5. The molecule has 0 aliphatic carbocycles. The first-order chi connectivity index (χ1) is 33.6. The van der Waals surface area contributed by atoms with E-state index in [0.717, 1.165) is 44.4 Å². The van der Waals surface area contributed by atoms with Gasteiger partial charge in [0, 0.05) is 50.3 Å². The average molecular weight is 907 g/mol. The maximum Gasteiger partial charge on any atom is 0.252 e. The van der Waals surface area contributed by atoms with Gasteiger partial charge in [0.25, 0.3) is 6.71 Å². The van der Waals surface area contributed by atoms with Crippen LogP contribution in [0.5, 0.6) is 0 Å². The maximum atomic E-state index is 6.53. The van der Waals surface area contributed by atoms with Gasteiger partial charge in [-0.2, -0.15) is 0 Å². The Balaban J connectivity index is 1.08. The van der Waals surface area contributed by atoms with Crippen LogP contribution in [0.2, 0.25) is 0 Å². The second-order valence-electron chi connectivity index (χ2n) is 22.6. The van der Waals surface area contributed by atoms with E-state index in [9.17, 15) is 0 Å². The topological polar surface area (TPSA) is 19.6 Å². The molecule has 2 aliphatic heterocycles. The molecule has 3 nitrogen and oxygen atoms in total. The van der Waals surface area contributed by atoms with Gasteiger partial charge >= 0.3 is 0 Å². The number of hydrogen-bond acceptors (Lipinski definition) is 3. The van der Waals surface area contributed by atoms with Crippen molar-refractivity contribution in [3.63, 3.8) is 0 Å². The highest BCUT2D eigenvalue weighted by Gasteiger charge is 2.44. The molecule has 9 aromatic carbocycles. The minimum atomic E-state index is -0.0564. The summed E-state index contributed by atoms with van der Waals surface area (Å²) >= 11 is 0. The van der Waals surface area contributed by atoms with E-state index >= 15 is 0 Å². The lowest BCUT2D eigenvalue weighted by Crippen LogP contribution is -2.61. The second-order valence-corrected chi connectivity index (χ2v) is 22.6. The van der Waals surface area contributed by atoms with E-state index in [-0.39, 0.29) is 23.0 Å². The van der Waals surface area contributed by atoms with Gasteiger partial charge in [0.1, 0.15) is 11.2 Å². The van der Waals surface area contributed by atoms with Crippen LogP contribution in [0.4, 0.5) is 34.1 Å². The Bertz CT molecular complexity index is 3660. The van der Waals surface area contributed by atoms with Crippen LogP contribution in [-0.2, 0) is 16.2 Å². The smallest absolute Gasteiger partial charge is 0.252 e. The van der Waals surface area contributed by atoms with Crippen molar-refractivity contribution < 1.29 is 4.42 Å². The van der Waals surface area contributed by atoms with E-state index in [2.05, 4.69) is 260 Å². The highest BCUT2D eigenvalue weighted by atomic mass is 16.3. The second kappa shape index (κ2) is 16.0. The Labute approximate surface area is 414 Å². The zero-order valence-corrected chi connectivity index (χ0v) is 41.9. The Kier molecular flexibility index (Phi) is 9.99. The normalized spacial score (nSPS) is 13.4. The highest BCUT2D eigenvalue weighted by Crippen LogP contribution is 2.49. The minimum Gasteiger partial charge on any atom is -0.455 e. The lowest BCUT2D eigenvalue weighted by Gasteiger charge is -2.45. The molecule has 4 heteroatoms. The van der Waals surface area contributed by atoms with Crippen molar-refractivity contribution in [1.29, 1.82) is 0 Å². The molecule has 0 spiro atoms. The molecule has 0 amide bonds. The molecule has 3 heterocycles. The fraction of sp³-hybridized carbons (Fsp3) is 0.182. The predicted octanol–water partition coefficient (Wildman–Crippen LogP) is 16.6. The Morgan fingerprint density at radius 3 is 1.54 bits per heavy atom. The van der Waals surface area contributed by atoms with Gasteiger partial charge in [-0.15, -0.1) is 0 Å². The molecule has 0 saturated heterocycles. The molecule has 1 aromatic heterocycles. The van der Waals surface area contributed by atoms with Gasteiger partial charge in [-0.3, -0.25) is 0 Å². The molecule has 0 saturated carbocycles. The highest BCUT2D eigenvalue weighted by molar-refractivity contribution is 7.00. The monoisotopic (exact) mass is 906 g/mol. The molecular weight excluding hydrogens is 848 g/mol. The van der Waals surface area contributed by atoms with Gasteiger partial charge in [-0.05, 0) is 126 Å². The summed E-state index contributed by atoms with van der Waals surface area (Å²) in [5.41, 5.74) is 23.8. The Morgan fingerprint density at radius 2 is 0.886 bits per heavy atom. The van der Waals surface area contributed by atoms with E-state index in [1.54, 1.807) is 0 Å². The number of anilines is 6. The van der Waals surface area contributed by atoms with E-state index in [1.807, 2.05) is 6.07 Å². The number of benzene rings is 9. The van der Waals surface area contributed by atoms with E-state index in [1.165, 1.54) is 78.1 Å². The van der Waals surface area contributed by atoms with E-state index < -0.39 is 0 Å². The summed E-state index contributed by atoms with van der Waals surface area (Å²) in [6.45, 7) is 20.8. The fourth-order valence-electron chi connectivity index (χ4n) is 11.1. The van der Waals surface area contributed by atoms with Gasteiger partial charge < -0.3 is 14.2 Å². The third kappa shape index (κ3) is 7.18. The van der Waals surface area contributed by atoms with Gasteiger partial charge in [0.15, 0.2) is 0 Å². The first-order valence-corrected chi connectivity index (χ1v) is 24.9. The molecule has 342 valence electrons. The maximum absolute atomic E-state index is 6.53. The van der Waals surface area contributed by atoms with Crippen LogP contribution in [0.15, 0.2) is 199 Å². The number of furan rings is 1. The summed E-state index contributed by atoms with van der Waals surface area (Å²) in [5.74, 6) is 0. The lowest BCUT2D eigenvalue weighted by molar-refractivity contribution is 0.590. The molecule has 0 radical (unpaired) electrons. The number of fused-ring (bicyclic) bond motifs is 7. The summed E-state index contributed by atoms with van der Waals surface area (Å²) in [6.07, 6.45) is 0. The summed E-state index contributed by atoms with van der Waals surface area (Å²) in [6, 6.07) is 72.7. The summed E-state index contributed by atoms with van der Waals surface area (Å²) in [7, 11) is 0. The molecule has 0 atom stereocenters. The molecule has 0 bridgehead atoms. The first-order valence-electron chi connectivity index (χ1n) is 24.9. The molecule has 0 N–H and O–H groups in total. The van der Waals surface area contributed by atoms with Crippen molar-refractivity contribution in [2.75, 3.05) is 9.80 Å². The largest absolute Gasteiger partial charge is 0.455 e. The van der Waals surface area contributed by atoms with Crippen LogP contribution in [0.3, 0.4) is 0 Å². The van der Waals surface area contributed by atoms with Gasteiger partial charge in [-0.25, -0.2) is 0 Å². The Morgan fingerprint density at radius 1 is 0.357 bits per heavy atom. The van der Waals surface area contributed by atoms with Crippen LogP contribution in [-0.4, -0.2) is 6.71 Å². The van der Waals surface area contributed by atoms with Gasteiger partial charge in [0.2, 0.25) is 0 Å². The molecule has 0 fully saturated rings. The number of para-hydroxylation sites is 2. The molecule has 2 aliphatic rings. The standard InChI is InChI=1S/C66H59BN2O/c1-64(2,3)46-30-25-42(26-31-46)45-29-38-56(53(39-45)43-17-11-10-12-18-43)69-58-23-16-22-57-62(58)67(55-37-33-48(41-60(55)69)66(7,8)9)54-36-32-47(65(4,5)6)40-59(54)68(57)49-34-27-44(28-35-49)50-20-15-21-52-51-19-13-14-24-61(51)70-63(50)52/h10-41H,1-9H3. The first kappa shape index (κ1) is 43.7. The molecular formula is C66H59BN2O. The third-order valence-corrected chi connectivity index (χ3v) is 15.0. The summed E-state index contributed by atoms with van der Waals surface area (Å²) in [4.78, 5) is 5.11. The molecule has 12 rings (SSSR count). The van der Waals surface area contributed by atoms with Crippen molar-refractivity contribution >= 4 is 79.2 Å². The predicted molar refractivity (Wildman–Crippen MR) is 300 cm³/mol. The third-order valence-electron chi connectivity index (χ3n) is 15.0. The van der Waals surface area contributed by atoms with E-state index in [0.29, 0.717) is 0 Å². The number of hydrogen-bond donors (Lipinski definition) is 0. The quantitative estimate of drug-likeness (QED) is 0.160. The molecule has 70 heavy (non-hydrogen) atoms. The van der Waals surface area contributed by atoms with Crippen molar-refractivity contribution in [3.8, 4) is 33.4 Å². The van der Waals surface area contributed by atoms with Crippen molar-refractivity contribution in [3.05, 3.63) is 211 Å². The van der Waals surface area contributed by atoms with Crippen molar-refractivity contribution in [2.24, 2.45) is 0 Å². The zero-order valence-electron chi connectivity index (χ0n) is 41.9. The van der Waals surface area contributed by atoms with Gasteiger partial charge in [-0.1, -0.05) is 202 Å². The van der Waals surface area contributed by atoms with Crippen LogP contribution < -0.4 is 26.2 Å². The van der Waals surface area contributed by atoms with Crippen LogP contribution >= 0.6 is 0 Å². The summed E-state index contributed by atoms with van der Waals surface area (Å²) < 4.78 is 6.53. The fourth-order valence-corrected chi connectivity index (χ4v) is 11.1. The van der Waals surface area contributed by atoms with Crippen molar-refractivity contribution in [1.82, 2.24) is 0 Å². The lowest BCUT2D eigenvalue weighted by atomic mass is 9.33. The SMILES string of the molecule is CC(C)(C)c1ccc(-c2ccc(N3c4cc(C(C)(C)C)ccc4B4c5ccc(C(C)(C)C)cc5N(c5ccc(-c6cccc7c6oc6ccccc67)cc5)c5cccc3c54)c(-c3ccccc3)c2)cc1. The average Bonchev–Trinajstić information content (AvgIpc) is 3.75. The van der Waals surface area contributed by atoms with Crippen LogP contribution in [0, 0.1) is 0 Å². The van der Waals surface area contributed by atoms with Crippen molar-refractivity contribution in [2.45, 2.75) is 78.6 Å².